The Bertz CT molecular complexity index is 900. The molecule has 2 aliphatic rings. The highest BCUT2D eigenvalue weighted by atomic mass is 35.5. The average Bonchev–Trinajstić information content (AvgIpc) is 3.10. The van der Waals surface area contributed by atoms with Gasteiger partial charge in [0, 0.05) is 29.7 Å². The molecule has 0 aromatic heterocycles. The molecule has 1 saturated heterocycles. The van der Waals surface area contributed by atoms with Crippen molar-refractivity contribution in [3.63, 3.8) is 0 Å². The first-order valence-corrected chi connectivity index (χ1v) is 9.65. The van der Waals surface area contributed by atoms with E-state index in [4.69, 9.17) is 21.1 Å². The Kier molecular flexibility index (Phi) is 5.13. The largest absolute Gasteiger partial charge is 0.486 e. The highest BCUT2D eigenvalue weighted by Crippen LogP contribution is 2.36. The number of benzene rings is 2. The molecule has 2 aromatic carbocycles. The Morgan fingerprint density at radius 1 is 1.14 bits per heavy atom. The molecule has 4 rings (SSSR count). The zero-order valence-corrected chi connectivity index (χ0v) is 16.2. The number of rotatable bonds is 4. The van der Waals surface area contributed by atoms with Crippen molar-refractivity contribution in [2.24, 2.45) is 5.92 Å². The summed E-state index contributed by atoms with van der Waals surface area (Å²) >= 11 is 5.91. The Labute approximate surface area is 168 Å². The second kappa shape index (κ2) is 7.72. The maximum Gasteiger partial charge on any atom is 0.227 e. The summed E-state index contributed by atoms with van der Waals surface area (Å²) in [6, 6.07) is 12.6. The molecule has 2 heterocycles. The van der Waals surface area contributed by atoms with Crippen molar-refractivity contribution >= 4 is 29.1 Å². The molecular formula is C21H21ClN2O4. The first-order chi connectivity index (χ1) is 13.5. The lowest BCUT2D eigenvalue weighted by atomic mass is 10.1. The third kappa shape index (κ3) is 3.78. The summed E-state index contributed by atoms with van der Waals surface area (Å²) < 4.78 is 11.1. The van der Waals surface area contributed by atoms with Crippen LogP contribution < -0.4 is 19.7 Å². The standard InChI is InChI=1S/C21H21ClN2O4/c1-13(14-2-4-16(22)5-3-14)23-21(26)15-10-20(25)24(12-15)17-6-7-18-19(11-17)28-9-8-27-18/h2-7,11,13,15H,8-10,12H2,1H3,(H,23,26)/t13-,15-/m1/s1. The van der Waals surface area contributed by atoms with Crippen molar-refractivity contribution in [2.75, 3.05) is 24.7 Å². The third-order valence-electron chi connectivity index (χ3n) is 5.06. The Morgan fingerprint density at radius 2 is 1.86 bits per heavy atom. The fourth-order valence-electron chi connectivity index (χ4n) is 3.50. The summed E-state index contributed by atoms with van der Waals surface area (Å²) in [6.07, 6.45) is 0.188. The lowest BCUT2D eigenvalue weighted by Crippen LogP contribution is -2.34. The number of amides is 2. The number of ether oxygens (including phenoxy) is 2. The second-order valence-corrected chi connectivity index (χ2v) is 7.45. The van der Waals surface area contributed by atoms with E-state index in [-0.39, 0.29) is 24.3 Å². The van der Waals surface area contributed by atoms with E-state index in [1.54, 1.807) is 29.2 Å². The summed E-state index contributed by atoms with van der Waals surface area (Å²) in [5.74, 6) is 0.704. The van der Waals surface area contributed by atoms with Crippen LogP contribution in [0.15, 0.2) is 42.5 Å². The summed E-state index contributed by atoms with van der Waals surface area (Å²) in [4.78, 5) is 26.8. The summed E-state index contributed by atoms with van der Waals surface area (Å²) in [5, 5.41) is 3.65. The van der Waals surface area contributed by atoms with Gasteiger partial charge in [0.1, 0.15) is 13.2 Å². The molecule has 2 atom stereocenters. The van der Waals surface area contributed by atoms with Crippen LogP contribution in [0.4, 0.5) is 5.69 Å². The van der Waals surface area contributed by atoms with Gasteiger partial charge in [0.05, 0.1) is 12.0 Å². The van der Waals surface area contributed by atoms with Crippen LogP contribution in [0.5, 0.6) is 11.5 Å². The van der Waals surface area contributed by atoms with Crippen molar-refractivity contribution in [1.29, 1.82) is 0 Å². The van der Waals surface area contributed by atoms with Gasteiger partial charge in [0.2, 0.25) is 11.8 Å². The number of hydrogen-bond donors (Lipinski definition) is 1. The number of anilines is 1. The number of halogens is 1. The van der Waals surface area contributed by atoms with Gasteiger partial charge in [-0.25, -0.2) is 0 Å². The summed E-state index contributed by atoms with van der Waals surface area (Å²) in [5.41, 5.74) is 1.68. The molecule has 0 spiro atoms. The predicted octanol–water partition coefficient (Wildman–Crippen LogP) is 3.34. The molecule has 1 fully saturated rings. The van der Waals surface area contributed by atoms with E-state index in [0.717, 1.165) is 11.3 Å². The quantitative estimate of drug-likeness (QED) is 0.854. The van der Waals surface area contributed by atoms with E-state index in [1.165, 1.54) is 0 Å². The zero-order chi connectivity index (χ0) is 19.7. The van der Waals surface area contributed by atoms with Gasteiger partial charge >= 0.3 is 0 Å². The van der Waals surface area contributed by atoms with Gasteiger partial charge in [-0.15, -0.1) is 0 Å². The number of hydrogen-bond acceptors (Lipinski definition) is 4. The van der Waals surface area contributed by atoms with Crippen molar-refractivity contribution in [3.8, 4) is 11.5 Å². The second-order valence-electron chi connectivity index (χ2n) is 7.02. The van der Waals surface area contributed by atoms with Gasteiger partial charge in [-0.1, -0.05) is 23.7 Å². The minimum absolute atomic E-state index is 0.0732. The van der Waals surface area contributed by atoms with Gasteiger partial charge in [-0.2, -0.15) is 0 Å². The SMILES string of the molecule is C[C@@H](NC(=O)[C@@H]1CC(=O)N(c2ccc3c(c2)OCCO3)C1)c1ccc(Cl)cc1. The molecule has 0 saturated carbocycles. The van der Waals surface area contributed by atoms with Gasteiger partial charge in [-0.05, 0) is 36.8 Å². The van der Waals surface area contributed by atoms with Gasteiger partial charge < -0.3 is 19.7 Å². The molecule has 2 amide bonds. The average molecular weight is 401 g/mol. The molecule has 28 heavy (non-hydrogen) atoms. The molecule has 1 N–H and O–H groups in total. The van der Waals surface area contributed by atoms with E-state index in [1.807, 2.05) is 25.1 Å². The smallest absolute Gasteiger partial charge is 0.227 e. The molecule has 0 aliphatic carbocycles. The van der Waals surface area contributed by atoms with E-state index in [2.05, 4.69) is 5.32 Å². The number of nitrogens with one attached hydrogen (secondary N) is 1. The lowest BCUT2D eigenvalue weighted by molar-refractivity contribution is -0.126. The highest BCUT2D eigenvalue weighted by molar-refractivity contribution is 6.30. The Morgan fingerprint density at radius 3 is 2.61 bits per heavy atom. The first-order valence-electron chi connectivity index (χ1n) is 9.27. The predicted molar refractivity (Wildman–Crippen MR) is 106 cm³/mol. The normalized spacial score (nSPS) is 19.4. The highest BCUT2D eigenvalue weighted by Gasteiger charge is 2.36. The van der Waals surface area contributed by atoms with Gasteiger partial charge in [-0.3, -0.25) is 9.59 Å². The van der Waals surface area contributed by atoms with Crippen molar-refractivity contribution < 1.29 is 19.1 Å². The van der Waals surface area contributed by atoms with Crippen LogP contribution in [0.2, 0.25) is 5.02 Å². The molecule has 0 bridgehead atoms. The van der Waals surface area contributed by atoms with Crippen LogP contribution in [0.25, 0.3) is 0 Å². The van der Waals surface area contributed by atoms with Crippen LogP contribution in [-0.2, 0) is 9.59 Å². The maximum atomic E-state index is 12.7. The number of nitrogens with zero attached hydrogens (tertiary/aromatic N) is 1. The molecule has 7 heteroatoms. The van der Waals surface area contributed by atoms with Crippen LogP contribution in [-0.4, -0.2) is 31.6 Å². The van der Waals surface area contributed by atoms with Crippen LogP contribution in [0.1, 0.15) is 24.9 Å². The molecule has 0 unspecified atom stereocenters. The fourth-order valence-corrected chi connectivity index (χ4v) is 3.62. The molecule has 2 aromatic rings. The first kappa shape index (κ1) is 18.6. The zero-order valence-electron chi connectivity index (χ0n) is 15.5. The van der Waals surface area contributed by atoms with Crippen LogP contribution >= 0.6 is 11.6 Å². The molecule has 2 aliphatic heterocycles. The van der Waals surface area contributed by atoms with Crippen LogP contribution in [0, 0.1) is 5.92 Å². The maximum absolute atomic E-state index is 12.7. The van der Waals surface area contributed by atoms with Crippen LogP contribution in [0.3, 0.4) is 0 Å². The van der Waals surface area contributed by atoms with E-state index in [0.29, 0.717) is 36.3 Å². The summed E-state index contributed by atoms with van der Waals surface area (Å²) in [6.45, 7) is 3.26. The topological polar surface area (TPSA) is 67.9 Å². The number of carbonyl (C=O) groups excluding carboxylic acids is 2. The Hall–Kier alpha value is -2.73. The minimum Gasteiger partial charge on any atom is -0.486 e. The monoisotopic (exact) mass is 400 g/mol. The van der Waals surface area contributed by atoms with E-state index >= 15 is 0 Å². The molecule has 146 valence electrons. The third-order valence-corrected chi connectivity index (χ3v) is 5.31. The van der Waals surface area contributed by atoms with Crippen molar-refractivity contribution in [1.82, 2.24) is 5.32 Å². The molecule has 6 nitrogen and oxygen atoms in total. The van der Waals surface area contributed by atoms with Gasteiger partial charge in [0.25, 0.3) is 0 Å². The lowest BCUT2D eigenvalue weighted by Gasteiger charge is -2.22. The Balaban J connectivity index is 1.42. The minimum atomic E-state index is -0.393. The van der Waals surface area contributed by atoms with E-state index < -0.39 is 5.92 Å². The fraction of sp³-hybridized carbons (Fsp3) is 0.333. The molecular weight excluding hydrogens is 380 g/mol. The number of fused-ring (bicyclic) bond motifs is 1. The molecule has 0 radical (unpaired) electrons. The van der Waals surface area contributed by atoms with Gasteiger partial charge in [0.15, 0.2) is 11.5 Å². The van der Waals surface area contributed by atoms with Crippen molar-refractivity contribution in [2.45, 2.75) is 19.4 Å². The van der Waals surface area contributed by atoms with Crippen molar-refractivity contribution in [3.05, 3.63) is 53.1 Å². The van der Waals surface area contributed by atoms with E-state index in [9.17, 15) is 9.59 Å². The number of carbonyl (C=O) groups is 2. The summed E-state index contributed by atoms with van der Waals surface area (Å²) in [7, 11) is 0.